The molecule has 22 heavy (non-hydrogen) atoms. The molecule has 0 spiro atoms. The van der Waals surface area contributed by atoms with Crippen molar-refractivity contribution >= 4 is 11.9 Å². The molecule has 0 bridgehead atoms. The fourth-order valence-corrected chi connectivity index (χ4v) is 2.76. The van der Waals surface area contributed by atoms with Gasteiger partial charge in [-0.05, 0) is 56.7 Å². The third-order valence-corrected chi connectivity index (χ3v) is 4.00. The van der Waals surface area contributed by atoms with Crippen LogP contribution in [0, 0.1) is 0 Å². The first kappa shape index (κ1) is 16.5. The number of rotatable bonds is 6. The molecular weight excluding hydrogens is 278 g/mol. The Labute approximate surface area is 132 Å². The molecule has 1 aromatic rings. The highest BCUT2D eigenvalue weighted by atomic mass is 16.5. The van der Waals surface area contributed by atoms with E-state index in [-0.39, 0.29) is 11.9 Å². The van der Waals surface area contributed by atoms with Crippen LogP contribution < -0.4 is 0 Å². The summed E-state index contributed by atoms with van der Waals surface area (Å²) in [6, 6.07) is 7.78. The molecular formula is C18H25NO3. The van der Waals surface area contributed by atoms with Gasteiger partial charge in [-0.25, -0.2) is 0 Å². The van der Waals surface area contributed by atoms with Crippen LogP contribution in [0.1, 0.15) is 54.9 Å². The molecule has 0 aliphatic carbocycles. The minimum atomic E-state index is -0.139. The lowest BCUT2D eigenvalue weighted by Crippen LogP contribution is -2.35. The molecule has 1 aliphatic heterocycles. The number of esters is 1. The number of likely N-dealkylation sites (tertiary alicyclic amines) is 1. The van der Waals surface area contributed by atoms with Crippen LogP contribution in [0.15, 0.2) is 24.3 Å². The van der Waals surface area contributed by atoms with Gasteiger partial charge < -0.3 is 9.64 Å². The highest BCUT2D eigenvalue weighted by molar-refractivity contribution is 5.94. The Morgan fingerprint density at radius 3 is 2.41 bits per heavy atom. The number of nitrogens with zero attached hydrogens (tertiary/aromatic N) is 1. The first-order valence-corrected chi connectivity index (χ1v) is 8.24. The van der Waals surface area contributed by atoms with E-state index in [0.29, 0.717) is 13.0 Å². The highest BCUT2D eigenvalue weighted by Crippen LogP contribution is 2.14. The maximum Gasteiger partial charge on any atom is 0.305 e. The van der Waals surface area contributed by atoms with Gasteiger partial charge in [0.1, 0.15) is 0 Å². The van der Waals surface area contributed by atoms with Gasteiger partial charge in [-0.3, -0.25) is 9.59 Å². The molecule has 1 saturated heterocycles. The molecule has 1 heterocycles. The average Bonchev–Trinajstić information content (AvgIpc) is 2.56. The molecule has 1 fully saturated rings. The van der Waals surface area contributed by atoms with E-state index in [1.54, 1.807) is 0 Å². The number of aryl methyl sites for hydroxylation is 1. The number of carbonyl (C=O) groups excluding carboxylic acids is 2. The molecule has 4 nitrogen and oxygen atoms in total. The number of piperidine rings is 1. The van der Waals surface area contributed by atoms with Gasteiger partial charge >= 0.3 is 5.97 Å². The summed E-state index contributed by atoms with van der Waals surface area (Å²) in [4.78, 5) is 25.6. The number of hydrogen-bond donors (Lipinski definition) is 0. The maximum atomic E-state index is 12.4. The van der Waals surface area contributed by atoms with Gasteiger partial charge in [0.25, 0.3) is 5.91 Å². The third-order valence-electron chi connectivity index (χ3n) is 4.00. The Morgan fingerprint density at radius 1 is 1.09 bits per heavy atom. The van der Waals surface area contributed by atoms with Gasteiger partial charge in [0.05, 0.1) is 6.61 Å². The van der Waals surface area contributed by atoms with Gasteiger partial charge in [0, 0.05) is 25.1 Å². The fraction of sp³-hybridized carbons (Fsp3) is 0.556. The van der Waals surface area contributed by atoms with Gasteiger partial charge in [-0.2, -0.15) is 0 Å². The zero-order valence-corrected chi connectivity index (χ0v) is 13.3. The minimum Gasteiger partial charge on any atom is -0.466 e. The SMILES string of the molecule is CCOC(=O)CCCc1ccc(C(=O)N2CCCCC2)cc1. The van der Waals surface area contributed by atoms with Gasteiger partial charge in [0.15, 0.2) is 0 Å². The predicted octanol–water partition coefficient (Wildman–Crippen LogP) is 3.20. The van der Waals surface area contributed by atoms with Crippen LogP contribution in [0.3, 0.4) is 0 Å². The van der Waals surface area contributed by atoms with Crippen molar-refractivity contribution < 1.29 is 14.3 Å². The lowest BCUT2D eigenvalue weighted by Gasteiger charge is -2.26. The second-order valence-corrected chi connectivity index (χ2v) is 5.71. The largest absolute Gasteiger partial charge is 0.466 e. The van der Waals surface area contributed by atoms with Crippen LogP contribution in [0.4, 0.5) is 0 Å². The van der Waals surface area contributed by atoms with Crippen molar-refractivity contribution in [2.24, 2.45) is 0 Å². The Balaban J connectivity index is 1.82. The van der Waals surface area contributed by atoms with Crippen LogP contribution in [-0.2, 0) is 16.0 Å². The fourth-order valence-electron chi connectivity index (χ4n) is 2.76. The molecule has 0 N–H and O–H groups in total. The summed E-state index contributed by atoms with van der Waals surface area (Å²) in [5, 5.41) is 0. The van der Waals surface area contributed by atoms with E-state index in [0.717, 1.165) is 49.9 Å². The van der Waals surface area contributed by atoms with Crippen LogP contribution in [0.5, 0.6) is 0 Å². The summed E-state index contributed by atoms with van der Waals surface area (Å²) in [5.41, 5.74) is 1.91. The molecule has 0 aromatic heterocycles. The van der Waals surface area contributed by atoms with E-state index in [9.17, 15) is 9.59 Å². The maximum absolute atomic E-state index is 12.4. The van der Waals surface area contributed by atoms with E-state index in [2.05, 4.69) is 0 Å². The van der Waals surface area contributed by atoms with Crippen molar-refractivity contribution in [2.75, 3.05) is 19.7 Å². The van der Waals surface area contributed by atoms with Crippen LogP contribution in [0.25, 0.3) is 0 Å². The lowest BCUT2D eigenvalue weighted by molar-refractivity contribution is -0.143. The first-order chi connectivity index (χ1) is 10.7. The van der Waals surface area contributed by atoms with E-state index in [4.69, 9.17) is 4.74 Å². The Kier molecular flexibility index (Phi) is 6.44. The van der Waals surface area contributed by atoms with Gasteiger partial charge in [0.2, 0.25) is 0 Å². The summed E-state index contributed by atoms with van der Waals surface area (Å²) in [7, 11) is 0. The molecule has 0 atom stereocenters. The molecule has 4 heteroatoms. The van der Waals surface area contributed by atoms with Crippen molar-refractivity contribution in [3.63, 3.8) is 0 Å². The summed E-state index contributed by atoms with van der Waals surface area (Å²) in [5.74, 6) is -0.00262. The lowest BCUT2D eigenvalue weighted by atomic mass is 10.0. The van der Waals surface area contributed by atoms with Crippen molar-refractivity contribution in [1.29, 1.82) is 0 Å². The van der Waals surface area contributed by atoms with E-state index in [1.165, 1.54) is 6.42 Å². The van der Waals surface area contributed by atoms with Crippen molar-refractivity contribution in [3.8, 4) is 0 Å². The summed E-state index contributed by atoms with van der Waals surface area (Å²) in [6.45, 7) is 4.00. The standard InChI is InChI=1S/C18H25NO3/c1-2-22-17(20)8-6-7-15-9-11-16(12-10-15)18(21)19-13-4-3-5-14-19/h9-12H,2-8,13-14H2,1H3. The van der Waals surface area contributed by atoms with Crippen molar-refractivity contribution in [1.82, 2.24) is 4.90 Å². The number of amides is 1. The van der Waals surface area contributed by atoms with Crippen LogP contribution in [-0.4, -0.2) is 36.5 Å². The summed E-state index contributed by atoms with van der Waals surface area (Å²) in [6.07, 6.45) is 5.50. The molecule has 1 amide bonds. The zero-order valence-electron chi connectivity index (χ0n) is 13.3. The Morgan fingerprint density at radius 2 is 1.77 bits per heavy atom. The minimum absolute atomic E-state index is 0.137. The average molecular weight is 303 g/mol. The van der Waals surface area contributed by atoms with Crippen LogP contribution >= 0.6 is 0 Å². The van der Waals surface area contributed by atoms with Crippen molar-refractivity contribution in [3.05, 3.63) is 35.4 Å². The van der Waals surface area contributed by atoms with Gasteiger partial charge in [-0.15, -0.1) is 0 Å². The first-order valence-electron chi connectivity index (χ1n) is 8.24. The summed E-state index contributed by atoms with van der Waals surface area (Å²) < 4.78 is 4.91. The topological polar surface area (TPSA) is 46.6 Å². The molecule has 0 saturated carbocycles. The third kappa shape index (κ3) is 4.86. The number of ether oxygens (including phenoxy) is 1. The zero-order chi connectivity index (χ0) is 15.8. The molecule has 1 aliphatic rings. The monoisotopic (exact) mass is 303 g/mol. The second kappa shape index (κ2) is 8.57. The molecule has 1 aromatic carbocycles. The second-order valence-electron chi connectivity index (χ2n) is 5.71. The Bertz CT molecular complexity index is 490. The number of carbonyl (C=O) groups is 2. The number of benzene rings is 1. The van der Waals surface area contributed by atoms with Gasteiger partial charge in [-0.1, -0.05) is 12.1 Å². The normalized spacial score (nSPS) is 14.7. The predicted molar refractivity (Wildman–Crippen MR) is 85.8 cm³/mol. The quantitative estimate of drug-likeness (QED) is 0.758. The molecule has 0 unspecified atom stereocenters. The number of hydrogen-bond acceptors (Lipinski definition) is 3. The van der Waals surface area contributed by atoms with E-state index >= 15 is 0 Å². The molecule has 120 valence electrons. The molecule has 2 rings (SSSR count). The van der Waals surface area contributed by atoms with E-state index in [1.807, 2.05) is 36.1 Å². The molecule has 0 radical (unpaired) electrons. The van der Waals surface area contributed by atoms with Crippen LogP contribution in [0.2, 0.25) is 0 Å². The smallest absolute Gasteiger partial charge is 0.305 e. The summed E-state index contributed by atoms with van der Waals surface area (Å²) >= 11 is 0. The van der Waals surface area contributed by atoms with E-state index < -0.39 is 0 Å². The Hall–Kier alpha value is -1.84. The van der Waals surface area contributed by atoms with Crippen molar-refractivity contribution in [2.45, 2.75) is 45.4 Å². The highest BCUT2D eigenvalue weighted by Gasteiger charge is 2.17.